The van der Waals surface area contributed by atoms with Gasteiger partial charge in [-0.3, -0.25) is 0 Å². The van der Waals surface area contributed by atoms with E-state index < -0.39 is 0 Å². The lowest BCUT2D eigenvalue weighted by Gasteiger charge is -2.11. The second-order valence-electron chi connectivity index (χ2n) is 6.15. The molecule has 0 unspecified atom stereocenters. The highest BCUT2D eigenvalue weighted by Crippen LogP contribution is 2.30. The summed E-state index contributed by atoms with van der Waals surface area (Å²) >= 11 is 0. The summed E-state index contributed by atoms with van der Waals surface area (Å²) in [6.45, 7) is 9.40. The first-order chi connectivity index (χ1) is 11.9. The van der Waals surface area contributed by atoms with Crippen molar-refractivity contribution in [1.82, 2.24) is 29.9 Å². The monoisotopic (exact) mass is 329 g/mol. The molecule has 0 bridgehead atoms. The topological polar surface area (TPSA) is 101 Å². The largest absolute Gasteiger partial charge is 0.247 e. The molecule has 0 aliphatic heterocycles. The van der Waals surface area contributed by atoms with E-state index in [0.717, 1.165) is 22.8 Å². The van der Waals surface area contributed by atoms with Gasteiger partial charge in [0.15, 0.2) is 5.69 Å². The zero-order chi connectivity index (χ0) is 17.9. The maximum Gasteiger partial charge on any atom is 0.162 e. The number of hydrogen-bond acceptors (Lipinski definition) is 7. The molecule has 122 valence electrons. The van der Waals surface area contributed by atoms with Gasteiger partial charge in [-0.05, 0) is 34.6 Å². The van der Waals surface area contributed by atoms with Crippen LogP contribution < -0.4 is 0 Å². The van der Waals surface area contributed by atoms with E-state index >= 15 is 0 Å². The minimum Gasteiger partial charge on any atom is -0.247 e. The highest BCUT2D eigenvalue weighted by atomic mass is 14.9. The van der Waals surface area contributed by atoms with Crippen LogP contribution in [0.2, 0.25) is 0 Å². The van der Waals surface area contributed by atoms with E-state index in [1.54, 1.807) is 6.92 Å². The number of nitriles is 1. The van der Waals surface area contributed by atoms with Crippen LogP contribution in [0.4, 0.5) is 0 Å². The number of hydrogen-bond donors (Lipinski definition) is 0. The van der Waals surface area contributed by atoms with Crippen molar-refractivity contribution >= 4 is 33.1 Å². The molecule has 4 aromatic rings. The van der Waals surface area contributed by atoms with Crippen molar-refractivity contribution in [3.63, 3.8) is 0 Å². The number of aromatic nitrogens is 6. The summed E-state index contributed by atoms with van der Waals surface area (Å²) in [5, 5.41) is 9.33. The van der Waals surface area contributed by atoms with Crippen molar-refractivity contribution in [3.8, 4) is 6.07 Å². The zero-order valence-electron chi connectivity index (χ0n) is 14.6. The first kappa shape index (κ1) is 15.3. The first-order valence-electron chi connectivity index (χ1n) is 7.91. The first-order valence-corrected chi connectivity index (χ1v) is 7.91. The molecule has 3 aromatic heterocycles. The van der Waals surface area contributed by atoms with Gasteiger partial charge >= 0.3 is 0 Å². The van der Waals surface area contributed by atoms with E-state index in [1.807, 2.05) is 27.7 Å². The summed E-state index contributed by atoms with van der Waals surface area (Å²) in [7, 11) is 0. The van der Waals surface area contributed by atoms with Gasteiger partial charge in [-0.15, -0.1) is 0 Å². The van der Waals surface area contributed by atoms with Crippen molar-refractivity contribution in [2.24, 2.45) is 0 Å². The van der Waals surface area contributed by atoms with Crippen LogP contribution in [0.3, 0.4) is 0 Å². The average Bonchev–Trinajstić information content (AvgIpc) is 2.58. The molecule has 0 radical (unpaired) electrons. The highest BCUT2D eigenvalue weighted by Gasteiger charge is 2.19. The van der Waals surface area contributed by atoms with Gasteiger partial charge in [-0.2, -0.15) is 5.26 Å². The fourth-order valence-electron chi connectivity index (χ4n) is 2.82. The van der Waals surface area contributed by atoms with Crippen molar-refractivity contribution < 1.29 is 0 Å². The van der Waals surface area contributed by atoms with Crippen LogP contribution in [0.15, 0.2) is 0 Å². The predicted octanol–water partition coefficient (Wildman–Crippen LogP) is 2.93. The number of nitrogens with zero attached hydrogens (tertiary/aromatic N) is 7. The van der Waals surface area contributed by atoms with Crippen LogP contribution in [-0.4, -0.2) is 29.9 Å². The van der Waals surface area contributed by atoms with Gasteiger partial charge < -0.3 is 0 Å². The standard InChI is InChI=1S/C18H15N7/c1-7-8(2)22-15-13(20-7)14-16(23-10(4)9(3)21-14)18-17(15)24-11(5)12(6-19)25-18/h1-5H3. The van der Waals surface area contributed by atoms with Crippen molar-refractivity contribution in [1.29, 1.82) is 5.26 Å². The molecule has 0 N–H and O–H groups in total. The predicted molar refractivity (Wildman–Crippen MR) is 94.1 cm³/mol. The average molecular weight is 329 g/mol. The number of fused-ring (bicyclic) bond motifs is 6. The Kier molecular flexibility index (Phi) is 3.12. The van der Waals surface area contributed by atoms with Gasteiger partial charge in [0, 0.05) is 0 Å². The molecule has 3 heterocycles. The minimum atomic E-state index is 0.282. The summed E-state index contributed by atoms with van der Waals surface area (Å²) in [5.41, 5.74) is 7.85. The zero-order valence-corrected chi connectivity index (χ0v) is 14.6. The lowest BCUT2D eigenvalue weighted by Crippen LogP contribution is -2.04. The van der Waals surface area contributed by atoms with Gasteiger partial charge in [-0.25, -0.2) is 29.9 Å². The third kappa shape index (κ3) is 2.11. The molecule has 0 saturated heterocycles. The number of rotatable bonds is 0. The Bertz CT molecular complexity index is 1210. The fraction of sp³-hybridized carbons (Fsp3) is 0.278. The van der Waals surface area contributed by atoms with Gasteiger partial charge in [0.2, 0.25) is 0 Å². The summed E-state index contributed by atoms with van der Waals surface area (Å²) in [5.74, 6) is 0. The van der Waals surface area contributed by atoms with Gasteiger partial charge in [-0.1, -0.05) is 0 Å². The second kappa shape index (κ2) is 5.11. The highest BCUT2D eigenvalue weighted by molar-refractivity contribution is 6.18. The molecule has 4 rings (SSSR count). The quantitative estimate of drug-likeness (QED) is 0.457. The summed E-state index contributed by atoms with van der Waals surface area (Å²) in [6.07, 6.45) is 0. The normalized spacial score (nSPS) is 11.4. The van der Waals surface area contributed by atoms with E-state index in [0.29, 0.717) is 38.8 Å². The van der Waals surface area contributed by atoms with Crippen LogP contribution >= 0.6 is 0 Å². The Hall–Kier alpha value is -3.27. The molecule has 25 heavy (non-hydrogen) atoms. The molecule has 0 saturated carbocycles. The molecule has 7 nitrogen and oxygen atoms in total. The summed E-state index contributed by atoms with van der Waals surface area (Å²) < 4.78 is 0. The van der Waals surface area contributed by atoms with Crippen LogP contribution in [-0.2, 0) is 0 Å². The molecule has 1 aromatic carbocycles. The van der Waals surface area contributed by atoms with Crippen LogP contribution in [0, 0.1) is 45.9 Å². The lowest BCUT2D eigenvalue weighted by atomic mass is 10.1. The van der Waals surface area contributed by atoms with Crippen molar-refractivity contribution in [3.05, 3.63) is 34.2 Å². The van der Waals surface area contributed by atoms with Crippen LogP contribution in [0.25, 0.3) is 33.1 Å². The third-order valence-corrected chi connectivity index (χ3v) is 4.46. The Balaban J connectivity index is 2.39. The van der Waals surface area contributed by atoms with E-state index in [-0.39, 0.29) is 5.69 Å². The molecule has 7 heteroatoms. The molecule has 0 spiro atoms. The molecular formula is C18H15N7. The molecule has 0 aliphatic rings. The smallest absolute Gasteiger partial charge is 0.162 e. The minimum absolute atomic E-state index is 0.282. The third-order valence-electron chi connectivity index (χ3n) is 4.46. The number of aryl methyl sites for hydroxylation is 5. The summed E-state index contributed by atoms with van der Waals surface area (Å²) in [6, 6.07) is 2.09. The van der Waals surface area contributed by atoms with E-state index in [2.05, 4.69) is 31.0 Å². The maximum atomic E-state index is 9.33. The van der Waals surface area contributed by atoms with E-state index in [4.69, 9.17) is 4.98 Å². The number of benzene rings is 1. The Morgan fingerprint density at radius 1 is 0.480 bits per heavy atom. The van der Waals surface area contributed by atoms with E-state index in [9.17, 15) is 5.26 Å². The van der Waals surface area contributed by atoms with Crippen LogP contribution in [0.5, 0.6) is 0 Å². The molecule has 0 amide bonds. The van der Waals surface area contributed by atoms with Gasteiger partial charge in [0.25, 0.3) is 0 Å². The maximum absolute atomic E-state index is 9.33. The fourth-order valence-corrected chi connectivity index (χ4v) is 2.82. The van der Waals surface area contributed by atoms with Gasteiger partial charge in [0.05, 0.1) is 28.5 Å². The van der Waals surface area contributed by atoms with Crippen molar-refractivity contribution in [2.45, 2.75) is 34.6 Å². The summed E-state index contributed by atoms with van der Waals surface area (Å²) in [4.78, 5) is 27.8. The lowest BCUT2D eigenvalue weighted by molar-refractivity contribution is 1.08. The van der Waals surface area contributed by atoms with Crippen molar-refractivity contribution in [2.75, 3.05) is 0 Å². The molecule has 0 aliphatic carbocycles. The second-order valence-corrected chi connectivity index (χ2v) is 6.15. The molecule has 0 fully saturated rings. The van der Waals surface area contributed by atoms with Gasteiger partial charge in [0.1, 0.15) is 39.2 Å². The Labute approximate surface area is 143 Å². The Morgan fingerprint density at radius 3 is 1.08 bits per heavy atom. The molecular weight excluding hydrogens is 314 g/mol. The molecule has 0 atom stereocenters. The SMILES string of the molecule is Cc1nc2c3nc(C)c(C)nc3c3nc(C#N)c(C)nc3c2nc1C. The van der Waals surface area contributed by atoms with E-state index in [1.165, 1.54) is 0 Å². The van der Waals surface area contributed by atoms with Crippen LogP contribution in [0.1, 0.15) is 34.2 Å². The Morgan fingerprint density at radius 2 is 0.760 bits per heavy atom.